The molecule has 0 radical (unpaired) electrons. The van der Waals surface area contributed by atoms with Gasteiger partial charge in [-0.25, -0.2) is 9.97 Å². The number of hydrogen-bond acceptors (Lipinski definition) is 8. The molecule has 12 heteroatoms. The van der Waals surface area contributed by atoms with Crippen LogP contribution in [-0.4, -0.2) is 91.4 Å². The number of likely N-dealkylation sites (tertiary alicyclic amines) is 1. The standard InChI is InChI=1S/C42H46N10O2/c1-27(45-41(53)37(50(2)3)30-13-8-6-9-14-30)39-43-25-34(46-39)29-20-18-28(19-21-29)32-22-23-33(49-48-32)35-26-44-40(47-35)36-17-12-24-52(36)42(54)38(51(4)5)31-15-10-7-11-16-31/h6-11,13-16,18-23,25-27,36-38H,12,17,24H2,1-5H3,(H,43,46)(H,44,47)(H,45,53)/t27-,36?,37-,38?/m0/s1. The molecular formula is C42H46N10O2. The maximum absolute atomic E-state index is 13.9. The highest BCUT2D eigenvalue weighted by molar-refractivity contribution is 5.84. The van der Waals surface area contributed by atoms with E-state index in [1.165, 1.54) is 0 Å². The highest BCUT2D eigenvalue weighted by Gasteiger charge is 2.37. The molecule has 54 heavy (non-hydrogen) atoms. The molecular weight excluding hydrogens is 677 g/mol. The van der Waals surface area contributed by atoms with Gasteiger partial charge in [0.1, 0.15) is 29.4 Å². The van der Waals surface area contributed by atoms with Crippen LogP contribution in [0.1, 0.15) is 66.7 Å². The van der Waals surface area contributed by atoms with Crippen molar-refractivity contribution < 1.29 is 9.59 Å². The van der Waals surface area contributed by atoms with Crippen LogP contribution in [0.2, 0.25) is 0 Å². The molecule has 3 N–H and O–H groups in total. The highest BCUT2D eigenvalue weighted by Crippen LogP contribution is 2.35. The topological polar surface area (TPSA) is 139 Å². The Hall–Kier alpha value is -5.98. The summed E-state index contributed by atoms with van der Waals surface area (Å²) in [7, 11) is 7.68. The van der Waals surface area contributed by atoms with E-state index in [9.17, 15) is 9.59 Å². The first-order chi connectivity index (χ1) is 26.2. The Morgan fingerprint density at radius 2 is 1.31 bits per heavy atom. The second kappa shape index (κ2) is 15.9. The van der Waals surface area contributed by atoms with Crippen LogP contribution in [0.15, 0.2) is 109 Å². The van der Waals surface area contributed by atoms with Crippen LogP contribution in [0.25, 0.3) is 33.9 Å². The zero-order valence-corrected chi connectivity index (χ0v) is 31.3. The van der Waals surface area contributed by atoms with Crippen molar-refractivity contribution in [1.29, 1.82) is 0 Å². The number of likely N-dealkylation sites (N-methyl/N-ethyl adjacent to an activating group) is 2. The van der Waals surface area contributed by atoms with Crippen molar-refractivity contribution >= 4 is 11.8 Å². The third kappa shape index (κ3) is 7.71. The van der Waals surface area contributed by atoms with Gasteiger partial charge in [0.25, 0.3) is 0 Å². The number of rotatable bonds is 12. The molecule has 1 aliphatic heterocycles. The van der Waals surface area contributed by atoms with Crippen molar-refractivity contribution in [2.45, 2.75) is 43.9 Å². The Kier molecular flexibility index (Phi) is 10.7. The van der Waals surface area contributed by atoms with Gasteiger partial charge < -0.3 is 20.2 Å². The lowest BCUT2D eigenvalue weighted by Gasteiger charge is -2.31. The number of benzene rings is 3. The van der Waals surface area contributed by atoms with Gasteiger partial charge in [-0.2, -0.15) is 0 Å². The third-order valence-electron chi connectivity index (χ3n) is 9.99. The van der Waals surface area contributed by atoms with Crippen molar-refractivity contribution in [2.75, 3.05) is 34.7 Å². The molecule has 0 aliphatic carbocycles. The summed E-state index contributed by atoms with van der Waals surface area (Å²) in [5, 5.41) is 12.2. The van der Waals surface area contributed by atoms with Crippen LogP contribution in [0, 0.1) is 0 Å². The fourth-order valence-electron chi connectivity index (χ4n) is 7.24. The number of nitrogens with one attached hydrogen (secondary N) is 3. The van der Waals surface area contributed by atoms with E-state index in [2.05, 4.69) is 30.5 Å². The van der Waals surface area contributed by atoms with Crippen molar-refractivity contribution in [1.82, 2.24) is 50.1 Å². The molecule has 3 aromatic heterocycles. The monoisotopic (exact) mass is 722 g/mol. The summed E-state index contributed by atoms with van der Waals surface area (Å²) in [5.41, 5.74) is 6.81. The van der Waals surface area contributed by atoms with E-state index < -0.39 is 6.04 Å². The number of aromatic amines is 2. The zero-order valence-electron chi connectivity index (χ0n) is 31.3. The molecule has 0 spiro atoms. The lowest BCUT2D eigenvalue weighted by molar-refractivity contribution is -0.137. The number of amides is 2. The van der Waals surface area contributed by atoms with Crippen LogP contribution in [0.5, 0.6) is 0 Å². The first kappa shape index (κ1) is 36.4. The lowest BCUT2D eigenvalue weighted by Crippen LogP contribution is -2.40. The first-order valence-electron chi connectivity index (χ1n) is 18.3. The number of carbonyl (C=O) groups excluding carboxylic acids is 2. The van der Waals surface area contributed by atoms with Crippen LogP contribution >= 0.6 is 0 Å². The first-order valence-corrected chi connectivity index (χ1v) is 18.3. The van der Waals surface area contributed by atoms with Gasteiger partial charge in [0.2, 0.25) is 11.8 Å². The quantitative estimate of drug-likeness (QED) is 0.133. The molecule has 276 valence electrons. The van der Waals surface area contributed by atoms with E-state index in [1.807, 2.05) is 147 Å². The minimum Gasteiger partial charge on any atom is -0.345 e. The summed E-state index contributed by atoms with van der Waals surface area (Å²) in [6, 6.07) is 30.3. The normalized spacial score (nSPS) is 16.1. The van der Waals surface area contributed by atoms with Crippen molar-refractivity contribution in [2.24, 2.45) is 0 Å². The van der Waals surface area contributed by atoms with Gasteiger partial charge in [0.05, 0.1) is 41.6 Å². The predicted octanol–water partition coefficient (Wildman–Crippen LogP) is 6.37. The lowest BCUT2D eigenvalue weighted by atomic mass is 10.0. The molecule has 0 saturated carbocycles. The third-order valence-corrected chi connectivity index (χ3v) is 9.99. The van der Waals surface area contributed by atoms with Crippen LogP contribution in [0.3, 0.4) is 0 Å². The Morgan fingerprint density at radius 1 is 0.722 bits per heavy atom. The van der Waals surface area contributed by atoms with Crippen molar-refractivity contribution in [3.05, 3.63) is 132 Å². The van der Waals surface area contributed by atoms with Gasteiger partial charge in [0.15, 0.2) is 0 Å². The number of imidazole rings is 2. The summed E-state index contributed by atoms with van der Waals surface area (Å²) in [6.07, 6.45) is 5.31. The molecule has 2 unspecified atom stereocenters. The second-order valence-corrected chi connectivity index (χ2v) is 14.2. The van der Waals surface area contributed by atoms with Gasteiger partial charge in [-0.05, 0) is 76.8 Å². The van der Waals surface area contributed by atoms with E-state index >= 15 is 0 Å². The van der Waals surface area contributed by atoms with Crippen LogP contribution < -0.4 is 5.32 Å². The number of nitrogens with zero attached hydrogens (tertiary/aromatic N) is 7. The summed E-state index contributed by atoms with van der Waals surface area (Å²) >= 11 is 0. The Labute approximate surface area is 315 Å². The van der Waals surface area contributed by atoms with E-state index in [-0.39, 0.29) is 29.9 Å². The summed E-state index contributed by atoms with van der Waals surface area (Å²) in [5.74, 6) is 1.41. The SMILES string of the molecule is C[C@H](NC(=O)[C@H](c1ccccc1)N(C)C)c1ncc(-c2ccc(-c3ccc(-c4cnc(C5CCCN5C(=O)C(c5ccccc5)N(C)C)[nH]4)nn3)cc2)[nH]1. The average Bonchev–Trinajstić information content (AvgIpc) is 3.98. The van der Waals surface area contributed by atoms with Crippen molar-refractivity contribution in [3.63, 3.8) is 0 Å². The number of hydrogen-bond donors (Lipinski definition) is 3. The van der Waals surface area contributed by atoms with Gasteiger partial charge in [-0.3, -0.25) is 19.4 Å². The second-order valence-electron chi connectivity index (χ2n) is 14.2. The summed E-state index contributed by atoms with van der Waals surface area (Å²) in [4.78, 5) is 49.0. The van der Waals surface area contributed by atoms with Crippen LogP contribution in [-0.2, 0) is 9.59 Å². The largest absolute Gasteiger partial charge is 0.345 e. The molecule has 1 aliphatic rings. The van der Waals surface area contributed by atoms with E-state index in [1.54, 1.807) is 12.4 Å². The molecule has 4 atom stereocenters. The van der Waals surface area contributed by atoms with E-state index in [4.69, 9.17) is 4.98 Å². The average molecular weight is 723 g/mol. The van der Waals surface area contributed by atoms with Gasteiger partial charge in [-0.15, -0.1) is 10.2 Å². The predicted molar refractivity (Wildman–Crippen MR) is 209 cm³/mol. The fourth-order valence-corrected chi connectivity index (χ4v) is 7.24. The molecule has 4 heterocycles. The Bertz CT molecular complexity index is 2160. The molecule has 2 amide bonds. The van der Waals surface area contributed by atoms with E-state index in [0.717, 1.165) is 58.0 Å². The molecule has 6 aromatic rings. The smallest absolute Gasteiger partial charge is 0.245 e. The molecule has 3 aromatic carbocycles. The summed E-state index contributed by atoms with van der Waals surface area (Å²) < 4.78 is 0. The van der Waals surface area contributed by atoms with Crippen LogP contribution in [0.4, 0.5) is 0 Å². The minimum absolute atomic E-state index is 0.0747. The Balaban J connectivity index is 0.992. The van der Waals surface area contributed by atoms with Crippen molar-refractivity contribution in [3.8, 4) is 33.9 Å². The highest BCUT2D eigenvalue weighted by atomic mass is 16.2. The van der Waals surface area contributed by atoms with E-state index in [0.29, 0.717) is 18.1 Å². The number of carbonyl (C=O) groups is 2. The summed E-state index contributed by atoms with van der Waals surface area (Å²) in [6.45, 7) is 2.61. The number of H-pyrrole nitrogens is 2. The van der Waals surface area contributed by atoms with Gasteiger partial charge in [-0.1, -0.05) is 84.9 Å². The maximum atomic E-state index is 13.9. The maximum Gasteiger partial charge on any atom is 0.245 e. The molecule has 12 nitrogen and oxygen atoms in total. The number of aromatic nitrogens is 6. The molecule has 0 bridgehead atoms. The Morgan fingerprint density at radius 3 is 1.94 bits per heavy atom. The minimum atomic E-state index is -0.411. The zero-order chi connectivity index (χ0) is 37.8. The van der Waals surface area contributed by atoms with Gasteiger partial charge in [0, 0.05) is 12.1 Å². The fraction of sp³-hybridized carbons (Fsp3) is 0.286. The molecule has 7 rings (SSSR count). The molecule has 1 saturated heterocycles. The molecule has 1 fully saturated rings. The van der Waals surface area contributed by atoms with Gasteiger partial charge >= 0.3 is 0 Å².